The van der Waals surface area contributed by atoms with Crippen LogP contribution in [0.4, 0.5) is 4.79 Å². The van der Waals surface area contributed by atoms with E-state index in [0.29, 0.717) is 6.04 Å². The number of hydrogen-bond acceptors (Lipinski definition) is 3. The molecule has 0 bridgehead atoms. The average Bonchev–Trinajstić information content (AvgIpc) is 2.33. The molecule has 0 saturated heterocycles. The Labute approximate surface area is 130 Å². The van der Waals surface area contributed by atoms with Crippen LogP contribution < -0.4 is 10.6 Å². The quantitative estimate of drug-likeness (QED) is 0.807. The number of carbonyl (C=O) groups is 1. The largest absolute Gasteiger partial charge is 0.444 e. The second-order valence-corrected chi connectivity index (χ2v) is 7.20. The molecule has 0 spiro atoms. The van der Waals surface area contributed by atoms with Crippen molar-refractivity contribution in [1.82, 2.24) is 10.6 Å². The van der Waals surface area contributed by atoms with Crippen LogP contribution in [-0.4, -0.2) is 30.3 Å². The molecule has 1 saturated carbocycles. The van der Waals surface area contributed by atoms with Gasteiger partial charge in [0.05, 0.1) is 0 Å². The molecule has 0 aliphatic heterocycles. The fraction of sp³-hybridized carbons (Fsp3) is 0.941. The highest BCUT2D eigenvalue weighted by atomic mass is 16.6. The molecule has 1 unspecified atom stereocenters. The minimum Gasteiger partial charge on any atom is -0.444 e. The SMILES string of the molecule is CCC(CNC1CCCCCCC1)NC(=O)OC(C)(C)C. The first kappa shape index (κ1) is 18.3. The van der Waals surface area contributed by atoms with Crippen LogP contribution in [0.5, 0.6) is 0 Å². The molecule has 1 amide bonds. The van der Waals surface area contributed by atoms with Gasteiger partial charge in [-0.3, -0.25) is 0 Å². The number of rotatable bonds is 5. The smallest absolute Gasteiger partial charge is 0.407 e. The molecule has 0 aromatic carbocycles. The molecule has 0 aromatic rings. The van der Waals surface area contributed by atoms with E-state index in [2.05, 4.69) is 17.6 Å². The second kappa shape index (κ2) is 9.29. The lowest BCUT2D eigenvalue weighted by atomic mass is 9.96. The number of ether oxygens (including phenoxy) is 1. The minimum atomic E-state index is -0.435. The van der Waals surface area contributed by atoms with E-state index in [1.165, 1.54) is 44.9 Å². The van der Waals surface area contributed by atoms with Gasteiger partial charge < -0.3 is 15.4 Å². The van der Waals surface area contributed by atoms with Gasteiger partial charge in [-0.2, -0.15) is 0 Å². The zero-order valence-electron chi connectivity index (χ0n) is 14.3. The zero-order chi connectivity index (χ0) is 15.7. The lowest BCUT2D eigenvalue weighted by Crippen LogP contribution is -2.46. The third-order valence-electron chi connectivity index (χ3n) is 3.97. The van der Waals surface area contributed by atoms with Crippen molar-refractivity contribution in [1.29, 1.82) is 0 Å². The van der Waals surface area contributed by atoms with E-state index in [-0.39, 0.29) is 12.1 Å². The normalized spacial score (nSPS) is 19.4. The van der Waals surface area contributed by atoms with Crippen LogP contribution in [0.15, 0.2) is 0 Å². The van der Waals surface area contributed by atoms with Crippen molar-refractivity contribution in [2.75, 3.05) is 6.54 Å². The van der Waals surface area contributed by atoms with Crippen molar-refractivity contribution in [2.24, 2.45) is 0 Å². The zero-order valence-corrected chi connectivity index (χ0v) is 14.3. The predicted octanol–water partition coefficient (Wildman–Crippen LogP) is 3.99. The van der Waals surface area contributed by atoms with Gasteiger partial charge in [0.2, 0.25) is 0 Å². The minimum absolute atomic E-state index is 0.144. The second-order valence-electron chi connectivity index (χ2n) is 7.20. The Kier molecular flexibility index (Phi) is 8.09. The summed E-state index contributed by atoms with van der Waals surface area (Å²) in [6.45, 7) is 8.60. The molecular formula is C17H34N2O2. The van der Waals surface area contributed by atoms with Crippen LogP contribution in [-0.2, 0) is 4.74 Å². The Bertz CT molecular complexity index is 292. The van der Waals surface area contributed by atoms with E-state index in [9.17, 15) is 4.79 Å². The van der Waals surface area contributed by atoms with Gasteiger partial charge in [-0.1, -0.05) is 39.0 Å². The van der Waals surface area contributed by atoms with Gasteiger partial charge >= 0.3 is 6.09 Å². The van der Waals surface area contributed by atoms with Crippen LogP contribution in [0.2, 0.25) is 0 Å². The highest BCUT2D eigenvalue weighted by Crippen LogP contribution is 2.17. The molecule has 0 aromatic heterocycles. The van der Waals surface area contributed by atoms with E-state index in [1.807, 2.05) is 20.8 Å². The maximum absolute atomic E-state index is 11.8. The highest BCUT2D eigenvalue weighted by Gasteiger charge is 2.19. The molecule has 0 radical (unpaired) electrons. The average molecular weight is 298 g/mol. The Morgan fingerprint density at radius 1 is 1.14 bits per heavy atom. The topological polar surface area (TPSA) is 50.4 Å². The summed E-state index contributed by atoms with van der Waals surface area (Å²) in [4.78, 5) is 11.8. The molecule has 21 heavy (non-hydrogen) atoms. The summed E-state index contributed by atoms with van der Waals surface area (Å²) in [6, 6.07) is 0.755. The Morgan fingerprint density at radius 3 is 2.24 bits per heavy atom. The fourth-order valence-electron chi connectivity index (χ4n) is 2.74. The van der Waals surface area contributed by atoms with Crippen LogP contribution in [0.1, 0.15) is 79.1 Å². The Morgan fingerprint density at radius 2 is 1.71 bits per heavy atom. The van der Waals surface area contributed by atoms with E-state index < -0.39 is 5.60 Å². The maximum atomic E-state index is 11.8. The van der Waals surface area contributed by atoms with Crippen molar-refractivity contribution >= 4 is 6.09 Å². The lowest BCUT2D eigenvalue weighted by Gasteiger charge is -2.26. The molecule has 4 nitrogen and oxygen atoms in total. The van der Waals surface area contributed by atoms with Crippen molar-refractivity contribution < 1.29 is 9.53 Å². The third-order valence-corrected chi connectivity index (χ3v) is 3.97. The molecule has 1 aliphatic carbocycles. The molecule has 0 heterocycles. The summed E-state index contributed by atoms with van der Waals surface area (Å²) < 4.78 is 5.32. The summed E-state index contributed by atoms with van der Waals surface area (Å²) in [5.41, 5.74) is -0.435. The van der Waals surface area contributed by atoms with Crippen LogP contribution in [0, 0.1) is 0 Å². The lowest BCUT2D eigenvalue weighted by molar-refractivity contribution is 0.0501. The number of hydrogen-bond donors (Lipinski definition) is 2. The summed E-state index contributed by atoms with van der Waals surface area (Å²) >= 11 is 0. The first-order valence-corrected chi connectivity index (χ1v) is 8.63. The van der Waals surface area contributed by atoms with E-state index >= 15 is 0 Å². The van der Waals surface area contributed by atoms with Crippen molar-refractivity contribution in [3.05, 3.63) is 0 Å². The molecule has 1 aliphatic rings. The monoisotopic (exact) mass is 298 g/mol. The van der Waals surface area contributed by atoms with Crippen molar-refractivity contribution in [3.63, 3.8) is 0 Å². The first-order chi connectivity index (χ1) is 9.90. The first-order valence-electron chi connectivity index (χ1n) is 8.63. The van der Waals surface area contributed by atoms with Crippen LogP contribution >= 0.6 is 0 Å². The maximum Gasteiger partial charge on any atom is 0.407 e. The molecular weight excluding hydrogens is 264 g/mol. The van der Waals surface area contributed by atoms with Crippen molar-refractivity contribution in [2.45, 2.75) is 96.7 Å². The summed E-state index contributed by atoms with van der Waals surface area (Å²) in [7, 11) is 0. The van der Waals surface area contributed by atoms with Crippen molar-refractivity contribution in [3.8, 4) is 0 Å². The third kappa shape index (κ3) is 8.97. The Hall–Kier alpha value is -0.770. The van der Waals surface area contributed by atoms with Gasteiger partial charge in [0, 0.05) is 18.6 Å². The Balaban J connectivity index is 2.30. The molecule has 4 heteroatoms. The number of carbonyl (C=O) groups excluding carboxylic acids is 1. The predicted molar refractivity (Wildman–Crippen MR) is 87.6 cm³/mol. The molecule has 1 fully saturated rings. The van der Waals surface area contributed by atoms with Gasteiger partial charge in [-0.05, 0) is 40.0 Å². The van der Waals surface area contributed by atoms with E-state index in [1.54, 1.807) is 0 Å². The van der Waals surface area contributed by atoms with E-state index in [0.717, 1.165) is 13.0 Å². The molecule has 2 N–H and O–H groups in total. The molecule has 1 atom stereocenters. The summed E-state index contributed by atoms with van der Waals surface area (Å²) in [6.07, 6.45) is 9.92. The van der Waals surface area contributed by atoms with Gasteiger partial charge in [-0.15, -0.1) is 0 Å². The molecule has 124 valence electrons. The number of nitrogens with one attached hydrogen (secondary N) is 2. The number of alkyl carbamates (subject to hydrolysis) is 1. The molecule has 1 rings (SSSR count). The van der Waals surface area contributed by atoms with E-state index in [4.69, 9.17) is 4.74 Å². The van der Waals surface area contributed by atoms with Gasteiger partial charge in [0.1, 0.15) is 5.60 Å². The highest BCUT2D eigenvalue weighted by molar-refractivity contribution is 5.68. The summed E-state index contributed by atoms with van der Waals surface area (Å²) in [5.74, 6) is 0. The van der Waals surface area contributed by atoms with Gasteiger partial charge in [0.15, 0.2) is 0 Å². The fourth-order valence-corrected chi connectivity index (χ4v) is 2.74. The summed E-state index contributed by atoms with van der Waals surface area (Å²) in [5, 5.41) is 6.61. The van der Waals surface area contributed by atoms with Crippen LogP contribution in [0.3, 0.4) is 0 Å². The van der Waals surface area contributed by atoms with Gasteiger partial charge in [0.25, 0.3) is 0 Å². The standard InChI is InChI=1S/C17H34N2O2/c1-5-14(19-16(20)21-17(2,3)4)13-18-15-11-9-7-6-8-10-12-15/h14-15,18H,5-13H2,1-4H3,(H,19,20). The van der Waals surface area contributed by atoms with Crippen LogP contribution in [0.25, 0.3) is 0 Å². The van der Waals surface area contributed by atoms with Gasteiger partial charge in [-0.25, -0.2) is 4.79 Å². The number of amides is 1.